The predicted octanol–water partition coefficient (Wildman–Crippen LogP) is 1.51. The Morgan fingerprint density at radius 2 is 1.81 bits per heavy atom. The fraction of sp³-hybridized carbons (Fsp3) is 0.385. The first-order chi connectivity index (χ1) is 9.61. The van der Waals surface area contributed by atoms with E-state index in [1.807, 2.05) is 0 Å². The monoisotopic (exact) mass is 377 g/mol. The largest absolute Gasteiger partial charge is 0.481 e. The van der Waals surface area contributed by atoms with Gasteiger partial charge >= 0.3 is 5.97 Å². The number of carbonyl (C=O) groups excluding carboxylic acids is 1. The Morgan fingerprint density at radius 1 is 1.29 bits per heavy atom. The maximum atomic E-state index is 11.9. The molecule has 0 aliphatic heterocycles. The van der Waals surface area contributed by atoms with Gasteiger partial charge in [-0.2, -0.15) is 0 Å². The number of carboxylic acid groups (broad SMARTS) is 1. The Hall–Kier alpha value is -1.41. The third-order valence-electron chi connectivity index (χ3n) is 2.98. The van der Waals surface area contributed by atoms with Gasteiger partial charge in [-0.15, -0.1) is 0 Å². The summed E-state index contributed by atoms with van der Waals surface area (Å²) in [6, 6.07) is 5.99. The number of nitrogens with one attached hydrogen (secondary N) is 1. The van der Waals surface area contributed by atoms with Gasteiger partial charge in [0.1, 0.15) is 5.25 Å². The topological polar surface area (TPSA) is 101 Å². The van der Waals surface area contributed by atoms with Gasteiger partial charge in [0.2, 0.25) is 5.91 Å². The Morgan fingerprint density at radius 3 is 2.24 bits per heavy atom. The van der Waals surface area contributed by atoms with Gasteiger partial charge in [0.05, 0.1) is 12.5 Å². The molecule has 0 aromatic heterocycles. The van der Waals surface area contributed by atoms with Crippen LogP contribution in [-0.4, -0.2) is 36.9 Å². The maximum Gasteiger partial charge on any atom is 0.305 e. The molecule has 0 bridgehead atoms. The molecule has 2 atom stereocenters. The Balaban J connectivity index is 2.96. The van der Waals surface area contributed by atoms with Gasteiger partial charge in [-0.1, -0.05) is 28.1 Å². The van der Waals surface area contributed by atoms with E-state index >= 15 is 0 Å². The Kier molecular flexibility index (Phi) is 5.91. The lowest BCUT2D eigenvalue weighted by Crippen LogP contribution is -2.40. The summed E-state index contributed by atoms with van der Waals surface area (Å²) >= 11 is 3.26. The van der Waals surface area contributed by atoms with Gasteiger partial charge in [-0.25, -0.2) is 8.42 Å². The number of benzene rings is 1. The molecule has 116 valence electrons. The molecule has 21 heavy (non-hydrogen) atoms. The van der Waals surface area contributed by atoms with E-state index in [0.29, 0.717) is 5.56 Å². The molecule has 6 nitrogen and oxygen atoms in total. The third-order valence-corrected chi connectivity index (χ3v) is 5.01. The SMILES string of the molecule is CC(C(=O)NC(CC(=O)O)c1ccc(Br)cc1)S(C)(=O)=O. The first kappa shape index (κ1) is 17.6. The van der Waals surface area contributed by atoms with Gasteiger partial charge in [-0.05, 0) is 24.6 Å². The van der Waals surface area contributed by atoms with E-state index in [4.69, 9.17) is 5.11 Å². The van der Waals surface area contributed by atoms with Crippen LogP contribution in [0.5, 0.6) is 0 Å². The first-order valence-electron chi connectivity index (χ1n) is 6.07. The molecule has 0 saturated carbocycles. The number of sulfone groups is 1. The molecule has 0 aliphatic rings. The minimum Gasteiger partial charge on any atom is -0.481 e. The van der Waals surface area contributed by atoms with Crippen LogP contribution >= 0.6 is 15.9 Å². The molecule has 0 fully saturated rings. The zero-order chi connectivity index (χ0) is 16.2. The van der Waals surface area contributed by atoms with Gasteiger partial charge in [0, 0.05) is 10.7 Å². The molecule has 1 aromatic carbocycles. The Bertz CT molecular complexity index is 626. The highest BCUT2D eigenvalue weighted by Crippen LogP contribution is 2.20. The molecule has 1 aromatic rings. The van der Waals surface area contributed by atoms with Crippen molar-refractivity contribution >= 4 is 37.6 Å². The summed E-state index contributed by atoms with van der Waals surface area (Å²) in [6.45, 7) is 1.27. The van der Waals surface area contributed by atoms with Crippen molar-refractivity contribution in [2.24, 2.45) is 0 Å². The molecular formula is C13H16BrNO5S. The van der Waals surface area contributed by atoms with Crippen molar-refractivity contribution in [2.75, 3.05) is 6.26 Å². The van der Waals surface area contributed by atoms with Crippen molar-refractivity contribution in [3.63, 3.8) is 0 Å². The smallest absolute Gasteiger partial charge is 0.305 e. The van der Waals surface area contributed by atoms with E-state index in [9.17, 15) is 18.0 Å². The summed E-state index contributed by atoms with van der Waals surface area (Å²) in [7, 11) is -3.53. The Labute approximate surface area is 131 Å². The number of carboxylic acids is 1. The zero-order valence-electron chi connectivity index (χ0n) is 11.5. The van der Waals surface area contributed by atoms with E-state index in [1.165, 1.54) is 6.92 Å². The molecule has 2 N–H and O–H groups in total. The second-order valence-electron chi connectivity index (χ2n) is 4.68. The van der Waals surface area contributed by atoms with Crippen molar-refractivity contribution in [1.82, 2.24) is 5.32 Å². The molecule has 0 spiro atoms. The van der Waals surface area contributed by atoms with Gasteiger partial charge in [-0.3, -0.25) is 9.59 Å². The highest BCUT2D eigenvalue weighted by Gasteiger charge is 2.27. The predicted molar refractivity (Wildman–Crippen MR) is 81.6 cm³/mol. The summed E-state index contributed by atoms with van der Waals surface area (Å²) in [5, 5.41) is 10.2. The zero-order valence-corrected chi connectivity index (χ0v) is 13.9. The minimum absolute atomic E-state index is 0.330. The van der Waals surface area contributed by atoms with E-state index in [2.05, 4.69) is 21.2 Å². The number of aliphatic carboxylic acids is 1. The lowest BCUT2D eigenvalue weighted by molar-refractivity contribution is -0.137. The lowest BCUT2D eigenvalue weighted by atomic mass is 10.0. The molecule has 0 aliphatic carbocycles. The quantitative estimate of drug-likeness (QED) is 0.782. The van der Waals surface area contributed by atoms with Crippen molar-refractivity contribution in [1.29, 1.82) is 0 Å². The number of halogens is 1. The molecule has 8 heteroatoms. The van der Waals surface area contributed by atoms with E-state index < -0.39 is 33.0 Å². The number of rotatable bonds is 6. The molecule has 1 rings (SSSR count). The highest BCUT2D eigenvalue weighted by atomic mass is 79.9. The molecule has 2 unspecified atom stereocenters. The number of hydrogen-bond acceptors (Lipinski definition) is 4. The van der Waals surface area contributed by atoms with Crippen LogP contribution in [0.2, 0.25) is 0 Å². The molecule has 1 amide bonds. The molecule has 0 heterocycles. The molecule has 0 saturated heterocycles. The number of hydrogen-bond donors (Lipinski definition) is 2. The summed E-state index contributed by atoms with van der Waals surface area (Å²) in [5.41, 5.74) is 0.592. The van der Waals surface area contributed by atoms with Crippen LogP contribution in [0, 0.1) is 0 Å². The summed E-state index contributed by atoms with van der Waals surface area (Å²) < 4.78 is 23.6. The van der Waals surface area contributed by atoms with Gasteiger partial charge < -0.3 is 10.4 Å². The normalized spacial score (nSPS) is 14.2. The van der Waals surface area contributed by atoms with Crippen LogP contribution in [0.1, 0.15) is 24.9 Å². The van der Waals surface area contributed by atoms with E-state index in [-0.39, 0.29) is 6.42 Å². The average Bonchev–Trinajstić information content (AvgIpc) is 2.36. The fourth-order valence-electron chi connectivity index (χ4n) is 1.61. The maximum absolute atomic E-state index is 11.9. The molecular weight excluding hydrogens is 362 g/mol. The summed E-state index contributed by atoms with van der Waals surface area (Å²) in [4.78, 5) is 22.8. The second-order valence-corrected chi connectivity index (χ2v) is 7.96. The summed E-state index contributed by atoms with van der Waals surface area (Å²) in [5.74, 6) is -1.80. The van der Waals surface area contributed by atoms with Gasteiger partial charge in [0.25, 0.3) is 0 Å². The van der Waals surface area contributed by atoms with Crippen LogP contribution < -0.4 is 5.32 Å². The third kappa shape index (κ3) is 5.47. The van der Waals surface area contributed by atoms with Crippen LogP contribution in [-0.2, 0) is 19.4 Å². The first-order valence-corrected chi connectivity index (χ1v) is 8.82. The van der Waals surface area contributed by atoms with Crippen LogP contribution in [0.3, 0.4) is 0 Å². The molecule has 0 radical (unpaired) electrons. The minimum atomic E-state index is -3.53. The second kappa shape index (κ2) is 7.04. The van der Waals surface area contributed by atoms with Crippen LogP contribution in [0.4, 0.5) is 0 Å². The van der Waals surface area contributed by atoms with Crippen molar-refractivity contribution in [3.05, 3.63) is 34.3 Å². The number of carbonyl (C=O) groups is 2. The lowest BCUT2D eigenvalue weighted by Gasteiger charge is -2.19. The van der Waals surface area contributed by atoms with Crippen LogP contribution in [0.25, 0.3) is 0 Å². The fourth-order valence-corrected chi connectivity index (χ4v) is 2.33. The van der Waals surface area contributed by atoms with Crippen LogP contribution in [0.15, 0.2) is 28.7 Å². The van der Waals surface area contributed by atoms with E-state index in [1.54, 1.807) is 24.3 Å². The van der Waals surface area contributed by atoms with Crippen molar-refractivity contribution in [3.8, 4) is 0 Å². The average molecular weight is 378 g/mol. The standard InChI is InChI=1S/C13H16BrNO5S/c1-8(21(2,19)20)13(18)15-11(7-12(16)17)9-3-5-10(14)6-4-9/h3-6,8,11H,7H2,1-2H3,(H,15,18)(H,16,17). The van der Waals surface area contributed by atoms with Gasteiger partial charge in [0.15, 0.2) is 9.84 Å². The van der Waals surface area contributed by atoms with E-state index in [0.717, 1.165) is 10.7 Å². The highest BCUT2D eigenvalue weighted by molar-refractivity contribution is 9.10. The van der Waals surface area contributed by atoms with Crippen molar-refractivity contribution in [2.45, 2.75) is 24.6 Å². The summed E-state index contributed by atoms with van der Waals surface area (Å²) in [6.07, 6.45) is 0.632. The number of amides is 1. The van der Waals surface area contributed by atoms with Crippen molar-refractivity contribution < 1.29 is 23.1 Å².